The molecular weight excluding hydrogens is 321 g/mol. The third kappa shape index (κ3) is 1.93. The third-order valence-electron chi connectivity index (χ3n) is 3.14. The highest BCUT2D eigenvalue weighted by Crippen LogP contribution is 2.28. The molecule has 0 aliphatic rings. The Hall–Kier alpha value is -1.96. The van der Waals surface area contributed by atoms with E-state index in [2.05, 4.69) is 0 Å². The molecule has 0 saturated carbocycles. The molecule has 21 heavy (non-hydrogen) atoms. The standard InChI is InChI=1S/C13H7ClFNO4S/c14-7-2-9-6(1-8(7)15)11(18)10(13(19)20)12-16(9)5(3-17)4-21-12/h1-2,4,17H,3H2,(H,19,20). The van der Waals surface area contributed by atoms with E-state index < -0.39 is 22.8 Å². The summed E-state index contributed by atoms with van der Waals surface area (Å²) in [5.74, 6) is -2.21. The lowest BCUT2D eigenvalue weighted by Crippen LogP contribution is -2.18. The summed E-state index contributed by atoms with van der Waals surface area (Å²) in [5.41, 5.74) is -0.574. The van der Waals surface area contributed by atoms with Crippen molar-refractivity contribution in [2.24, 2.45) is 0 Å². The Morgan fingerprint density at radius 1 is 1.43 bits per heavy atom. The van der Waals surface area contributed by atoms with Crippen LogP contribution in [0.4, 0.5) is 4.39 Å². The molecule has 0 spiro atoms. The summed E-state index contributed by atoms with van der Waals surface area (Å²) in [6, 6.07) is 2.16. The second-order valence-corrected chi connectivity index (χ2v) is 5.58. The van der Waals surface area contributed by atoms with Gasteiger partial charge in [0.25, 0.3) is 0 Å². The van der Waals surface area contributed by atoms with Crippen LogP contribution < -0.4 is 5.43 Å². The van der Waals surface area contributed by atoms with E-state index in [-0.39, 0.29) is 27.4 Å². The minimum absolute atomic E-state index is 0.0973. The molecule has 3 aromatic rings. The van der Waals surface area contributed by atoms with E-state index in [1.54, 1.807) is 0 Å². The first-order valence-corrected chi connectivity index (χ1v) is 6.99. The summed E-state index contributed by atoms with van der Waals surface area (Å²) in [6.45, 7) is -0.355. The number of fused-ring (bicyclic) bond motifs is 3. The number of benzene rings is 1. The zero-order chi connectivity index (χ0) is 15.3. The lowest BCUT2D eigenvalue weighted by atomic mass is 10.1. The Bertz CT molecular complexity index is 962. The van der Waals surface area contributed by atoms with Crippen molar-refractivity contribution in [1.29, 1.82) is 0 Å². The number of carbonyl (C=O) groups is 1. The fourth-order valence-corrected chi connectivity index (χ4v) is 3.43. The molecule has 0 amide bonds. The summed E-state index contributed by atoms with van der Waals surface area (Å²) in [5, 5.41) is 19.9. The predicted octanol–water partition coefficient (Wildman–Crippen LogP) is 2.50. The van der Waals surface area contributed by atoms with Crippen LogP contribution in [-0.2, 0) is 6.61 Å². The minimum Gasteiger partial charge on any atom is -0.477 e. The van der Waals surface area contributed by atoms with Crippen molar-refractivity contribution in [3.05, 3.63) is 49.8 Å². The SMILES string of the molecule is O=C(O)c1c(=O)c2cc(F)c(Cl)cc2n2c(CO)csc12. The molecule has 3 rings (SSSR count). The normalized spacial score (nSPS) is 11.4. The van der Waals surface area contributed by atoms with Gasteiger partial charge in [-0.25, -0.2) is 9.18 Å². The van der Waals surface area contributed by atoms with Gasteiger partial charge >= 0.3 is 5.97 Å². The van der Waals surface area contributed by atoms with E-state index in [1.807, 2.05) is 0 Å². The Labute approximate surface area is 125 Å². The first kappa shape index (κ1) is 14.0. The van der Waals surface area contributed by atoms with Gasteiger partial charge in [-0.05, 0) is 12.1 Å². The number of aromatic carboxylic acids is 1. The molecular formula is C13H7ClFNO4S. The molecule has 2 aromatic heterocycles. The molecule has 0 unspecified atom stereocenters. The van der Waals surface area contributed by atoms with Crippen LogP contribution >= 0.6 is 22.9 Å². The molecule has 5 nitrogen and oxygen atoms in total. The molecule has 8 heteroatoms. The number of carboxylic acid groups (broad SMARTS) is 1. The van der Waals surface area contributed by atoms with Gasteiger partial charge in [-0.3, -0.25) is 4.79 Å². The molecule has 0 aliphatic heterocycles. The number of carboxylic acids is 1. The van der Waals surface area contributed by atoms with Crippen molar-refractivity contribution >= 4 is 44.6 Å². The fourth-order valence-electron chi connectivity index (χ4n) is 2.23. The Morgan fingerprint density at radius 2 is 2.14 bits per heavy atom. The van der Waals surface area contributed by atoms with Crippen molar-refractivity contribution in [3.63, 3.8) is 0 Å². The summed E-state index contributed by atoms with van der Waals surface area (Å²) in [6.07, 6.45) is 0. The molecule has 2 heterocycles. The zero-order valence-corrected chi connectivity index (χ0v) is 11.8. The van der Waals surface area contributed by atoms with Crippen LogP contribution in [0.5, 0.6) is 0 Å². The van der Waals surface area contributed by atoms with Gasteiger partial charge < -0.3 is 14.6 Å². The largest absolute Gasteiger partial charge is 0.477 e. The van der Waals surface area contributed by atoms with E-state index in [9.17, 15) is 24.2 Å². The van der Waals surface area contributed by atoms with Gasteiger partial charge in [0, 0.05) is 5.38 Å². The number of hydrogen-bond donors (Lipinski definition) is 2. The van der Waals surface area contributed by atoms with E-state index in [4.69, 9.17) is 11.6 Å². The molecule has 2 N–H and O–H groups in total. The van der Waals surface area contributed by atoms with Gasteiger partial charge in [-0.1, -0.05) is 11.6 Å². The summed E-state index contributed by atoms with van der Waals surface area (Å²) < 4.78 is 15.0. The van der Waals surface area contributed by atoms with Crippen molar-refractivity contribution in [2.75, 3.05) is 0 Å². The molecule has 0 radical (unpaired) electrons. The van der Waals surface area contributed by atoms with Crippen molar-refractivity contribution < 1.29 is 19.4 Å². The lowest BCUT2D eigenvalue weighted by molar-refractivity contribution is 0.0697. The van der Waals surface area contributed by atoms with Crippen molar-refractivity contribution in [2.45, 2.75) is 6.61 Å². The zero-order valence-electron chi connectivity index (χ0n) is 10.3. The third-order valence-corrected chi connectivity index (χ3v) is 4.43. The number of pyridine rings is 1. The fraction of sp³-hybridized carbons (Fsp3) is 0.0769. The van der Waals surface area contributed by atoms with Gasteiger partial charge in [0.1, 0.15) is 16.2 Å². The first-order chi connectivity index (χ1) is 9.95. The summed E-state index contributed by atoms with van der Waals surface area (Å²) in [4.78, 5) is 23.8. The van der Waals surface area contributed by atoms with E-state index >= 15 is 0 Å². The lowest BCUT2D eigenvalue weighted by Gasteiger charge is -2.08. The molecule has 108 valence electrons. The maximum Gasteiger partial charge on any atom is 0.342 e. The highest BCUT2D eigenvalue weighted by Gasteiger charge is 2.21. The van der Waals surface area contributed by atoms with Crippen molar-refractivity contribution in [1.82, 2.24) is 4.40 Å². The highest BCUT2D eigenvalue weighted by atomic mass is 35.5. The number of nitrogens with zero attached hydrogens (tertiary/aromatic N) is 1. The second-order valence-electron chi connectivity index (χ2n) is 4.32. The number of aromatic nitrogens is 1. The van der Waals surface area contributed by atoms with Gasteiger partial charge in [-0.2, -0.15) is 0 Å². The summed E-state index contributed by atoms with van der Waals surface area (Å²) in [7, 11) is 0. The van der Waals surface area contributed by atoms with Gasteiger partial charge in [0.2, 0.25) is 5.43 Å². The average molecular weight is 328 g/mol. The topological polar surface area (TPSA) is 79.0 Å². The number of rotatable bonds is 2. The maximum atomic E-state index is 13.6. The predicted molar refractivity (Wildman–Crippen MR) is 76.9 cm³/mol. The number of halogens is 2. The minimum atomic E-state index is -1.40. The molecule has 0 bridgehead atoms. The smallest absolute Gasteiger partial charge is 0.342 e. The van der Waals surface area contributed by atoms with Crippen LogP contribution in [0.1, 0.15) is 16.1 Å². The van der Waals surface area contributed by atoms with Crippen LogP contribution in [0.25, 0.3) is 15.7 Å². The highest BCUT2D eigenvalue weighted by molar-refractivity contribution is 7.16. The maximum absolute atomic E-state index is 13.6. The first-order valence-electron chi connectivity index (χ1n) is 5.73. The van der Waals surface area contributed by atoms with Gasteiger partial charge in [0.05, 0.1) is 28.2 Å². The van der Waals surface area contributed by atoms with Crippen LogP contribution in [0.3, 0.4) is 0 Å². The number of aliphatic hydroxyl groups is 1. The second kappa shape index (κ2) is 4.80. The Kier molecular flexibility index (Phi) is 3.20. The van der Waals surface area contributed by atoms with Gasteiger partial charge in [0.15, 0.2) is 0 Å². The number of aliphatic hydroxyl groups excluding tert-OH is 1. The molecule has 0 atom stereocenters. The quantitative estimate of drug-likeness (QED) is 0.758. The monoisotopic (exact) mass is 327 g/mol. The Balaban J connectivity index is 2.68. The van der Waals surface area contributed by atoms with Crippen LogP contribution in [-0.4, -0.2) is 20.6 Å². The summed E-state index contributed by atoms with van der Waals surface area (Å²) >= 11 is 6.76. The number of hydrogen-bond acceptors (Lipinski definition) is 4. The van der Waals surface area contributed by atoms with Crippen LogP contribution in [0, 0.1) is 5.82 Å². The molecule has 0 fully saturated rings. The van der Waals surface area contributed by atoms with E-state index in [0.29, 0.717) is 5.69 Å². The van der Waals surface area contributed by atoms with E-state index in [1.165, 1.54) is 15.8 Å². The van der Waals surface area contributed by atoms with Crippen LogP contribution in [0.2, 0.25) is 5.02 Å². The Morgan fingerprint density at radius 3 is 2.76 bits per heavy atom. The van der Waals surface area contributed by atoms with Gasteiger partial charge in [-0.15, -0.1) is 11.3 Å². The average Bonchev–Trinajstić information content (AvgIpc) is 2.84. The molecule has 0 saturated heterocycles. The number of thiazole rings is 1. The molecule has 0 aliphatic carbocycles. The van der Waals surface area contributed by atoms with E-state index in [0.717, 1.165) is 17.4 Å². The van der Waals surface area contributed by atoms with Crippen molar-refractivity contribution in [3.8, 4) is 0 Å². The molecule has 1 aromatic carbocycles. The van der Waals surface area contributed by atoms with Crippen LogP contribution in [0.15, 0.2) is 22.3 Å².